The highest BCUT2D eigenvalue weighted by atomic mass is 16.6. The van der Waals surface area contributed by atoms with Gasteiger partial charge in [0.2, 0.25) is 29.4 Å². The number of amides is 5. The highest BCUT2D eigenvalue weighted by Gasteiger charge is 2.32. The molecule has 1 aliphatic rings. The van der Waals surface area contributed by atoms with Crippen molar-refractivity contribution < 1.29 is 38.3 Å². The van der Waals surface area contributed by atoms with Gasteiger partial charge in [-0.25, -0.2) is 4.79 Å². The van der Waals surface area contributed by atoms with Crippen molar-refractivity contribution in [2.75, 3.05) is 13.1 Å². The molecule has 1 aliphatic carbocycles. The zero-order valence-corrected chi connectivity index (χ0v) is 33.5. The van der Waals surface area contributed by atoms with E-state index in [1.807, 2.05) is 45.9 Å². The third-order valence-corrected chi connectivity index (χ3v) is 8.88. The summed E-state index contributed by atoms with van der Waals surface area (Å²) in [6, 6.07) is 4.94. The fourth-order valence-electron chi connectivity index (χ4n) is 5.08. The summed E-state index contributed by atoms with van der Waals surface area (Å²) >= 11 is 0. The van der Waals surface area contributed by atoms with Crippen LogP contribution in [0.4, 0.5) is 0 Å². The Bertz CT molecular complexity index is 1570. The number of unbranched alkanes of at least 4 members (excludes halogenated alkanes) is 1. The maximum atomic E-state index is 13.8. The first kappa shape index (κ1) is 46.1. The Labute approximate surface area is 325 Å². The van der Waals surface area contributed by atoms with Crippen LogP contribution in [0.3, 0.4) is 0 Å². The standard InChI is InChI=1S/C42H61N5O8/c1-8-11-18-34(48)43-26-35(49)45-33(25-30(20-19-28(4)5)24-23-29-21-22-29)39(52)46-32(15-9-2)38(51)40(53)44-27-36(50)47-37(31-16-13-12-14-17-31)41(54)55-42(6,7)10-3/h12-14,16-17,19-20,23-24,29,32-33,37H,8-11,15,18,21-22,25-27H2,1-7H3,(H,43,48)(H,44,53)(H,45,49)(H,46,52)(H,47,50)/b24-23?,30-20+. The van der Waals surface area contributed by atoms with Crippen molar-refractivity contribution in [3.05, 3.63) is 71.3 Å². The van der Waals surface area contributed by atoms with E-state index in [1.165, 1.54) is 0 Å². The van der Waals surface area contributed by atoms with E-state index in [2.05, 4.69) is 32.7 Å². The lowest BCUT2D eigenvalue weighted by molar-refractivity contribution is -0.160. The number of allylic oxidation sites excluding steroid dienone is 5. The molecule has 0 aliphatic heterocycles. The smallest absolute Gasteiger partial charge is 0.333 e. The Kier molecular flexibility index (Phi) is 19.8. The molecule has 5 amide bonds. The van der Waals surface area contributed by atoms with Gasteiger partial charge in [0.15, 0.2) is 6.04 Å². The fourth-order valence-corrected chi connectivity index (χ4v) is 5.08. The number of benzene rings is 1. The summed E-state index contributed by atoms with van der Waals surface area (Å²) in [7, 11) is 0. The van der Waals surface area contributed by atoms with Gasteiger partial charge in [-0.15, -0.1) is 0 Å². The number of nitrogens with one attached hydrogen (secondary N) is 5. The van der Waals surface area contributed by atoms with Crippen molar-refractivity contribution in [2.24, 2.45) is 5.92 Å². The van der Waals surface area contributed by atoms with Crippen LogP contribution in [0.15, 0.2) is 65.8 Å². The van der Waals surface area contributed by atoms with Crippen molar-refractivity contribution in [2.45, 2.75) is 130 Å². The minimum Gasteiger partial charge on any atom is -0.458 e. The number of carbonyl (C=O) groups is 7. The van der Waals surface area contributed by atoms with Gasteiger partial charge in [0, 0.05) is 12.8 Å². The molecule has 0 saturated heterocycles. The maximum Gasteiger partial charge on any atom is 0.333 e. The molecule has 0 spiro atoms. The lowest BCUT2D eigenvalue weighted by atomic mass is 10.0. The number of esters is 1. The molecule has 302 valence electrons. The second kappa shape index (κ2) is 23.7. The topological polar surface area (TPSA) is 189 Å². The SMILES string of the molecule is CCCCC(=O)NCC(=O)NC(C/C(C=CC1CC1)=C/C=C(C)C)C(=O)NC(CCC)C(=O)C(=O)NCC(=O)NC(C(=O)OC(C)(C)CC)c1ccccc1. The molecule has 13 nitrogen and oxygen atoms in total. The first-order valence-corrected chi connectivity index (χ1v) is 19.4. The van der Waals surface area contributed by atoms with Crippen molar-refractivity contribution >= 4 is 41.3 Å². The van der Waals surface area contributed by atoms with Crippen LogP contribution in [0.25, 0.3) is 0 Å². The third-order valence-electron chi connectivity index (χ3n) is 8.88. The molecule has 3 unspecified atom stereocenters. The van der Waals surface area contributed by atoms with Crippen LogP contribution in [-0.2, 0) is 38.3 Å². The van der Waals surface area contributed by atoms with Gasteiger partial charge in [-0.1, -0.05) is 93.8 Å². The molecule has 0 bridgehead atoms. The molecule has 0 aromatic heterocycles. The van der Waals surface area contributed by atoms with Crippen molar-refractivity contribution in [3.63, 3.8) is 0 Å². The lowest BCUT2D eigenvalue weighted by Gasteiger charge is -2.27. The van der Waals surface area contributed by atoms with Gasteiger partial charge in [0.1, 0.15) is 11.6 Å². The van der Waals surface area contributed by atoms with Crippen LogP contribution >= 0.6 is 0 Å². The van der Waals surface area contributed by atoms with Gasteiger partial charge >= 0.3 is 5.97 Å². The molecule has 0 radical (unpaired) electrons. The normalized spacial score (nSPS) is 14.5. The fraction of sp³-hybridized carbons (Fsp3) is 0.548. The summed E-state index contributed by atoms with van der Waals surface area (Å²) in [4.78, 5) is 91.6. The Hall–Kier alpha value is -5.07. The van der Waals surface area contributed by atoms with Crippen LogP contribution in [0.5, 0.6) is 0 Å². The van der Waals surface area contributed by atoms with E-state index >= 15 is 0 Å². The number of ketones is 1. The number of Topliss-reactive ketones (excluding diaryl/α,β-unsaturated/α-hetero) is 1. The molecule has 1 fully saturated rings. The number of hydrogen-bond donors (Lipinski definition) is 5. The number of ether oxygens (including phenoxy) is 1. The molecule has 13 heteroatoms. The zero-order chi connectivity index (χ0) is 41.0. The van der Waals surface area contributed by atoms with Gasteiger partial charge in [0.05, 0.1) is 19.1 Å². The average Bonchev–Trinajstić information content (AvgIpc) is 3.99. The molecule has 1 saturated carbocycles. The van der Waals surface area contributed by atoms with Crippen LogP contribution in [0, 0.1) is 5.92 Å². The Morgan fingerprint density at radius 3 is 2.07 bits per heavy atom. The third kappa shape index (κ3) is 18.2. The van der Waals surface area contributed by atoms with E-state index in [-0.39, 0.29) is 31.7 Å². The molecule has 55 heavy (non-hydrogen) atoms. The summed E-state index contributed by atoms with van der Waals surface area (Å²) in [5, 5.41) is 12.8. The number of rotatable bonds is 24. The molecular formula is C42H61N5O8. The van der Waals surface area contributed by atoms with E-state index in [1.54, 1.807) is 51.1 Å². The predicted molar refractivity (Wildman–Crippen MR) is 211 cm³/mol. The molecule has 2 rings (SSSR count). The zero-order valence-electron chi connectivity index (χ0n) is 33.5. The highest BCUT2D eigenvalue weighted by Crippen LogP contribution is 2.31. The Morgan fingerprint density at radius 1 is 0.818 bits per heavy atom. The van der Waals surface area contributed by atoms with E-state index in [9.17, 15) is 33.6 Å². The predicted octanol–water partition coefficient (Wildman–Crippen LogP) is 4.59. The largest absolute Gasteiger partial charge is 0.458 e. The van der Waals surface area contributed by atoms with E-state index in [4.69, 9.17) is 4.74 Å². The van der Waals surface area contributed by atoms with Gasteiger partial charge in [-0.3, -0.25) is 28.8 Å². The number of carbonyl (C=O) groups excluding carboxylic acids is 7. The van der Waals surface area contributed by atoms with Crippen molar-refractivity contribution in [1.82, 2.24) is 26.6 Å². The van der Waals surface area contributed by atoms with Gasteiger partial charge < -0.3 is 31.3 Å². The second-order valence-corrected chi connectivity index (χ2v) is 14.7. The molecule has 3 atom stereocenters. The van der Waals surface area contributed by atoms with Crippen molar-refractivity contribution in [3.8, 4) is 0 Å². The summed E-state index contributed by atoms with van der Waals surface area (Å²) in [6.45, 7) is 12.0. The average molecular weight is 764 g/mol. The van der Waals surface area contributed by atoms with Crippen LogP contribution in [0.1, 0.15) is 118 Å². The Balaban J connectivity index is 2.20. The lowest BCUT2D eigenvalue weighted by Crippen LogP contribution is -2.55. The van der Waals surface area contributed by atoms with Crippen LogP contribution in [0.2, 0.25) is 0 Å². The summed E-state index contributed by atoms with van der Waals surface area (Å²) < 4.78 is 5.63. The van der Waals surface area contributed by atoms with E-state index < -0.39 is 65.7 Å². The molecule has 1 aromatic carbocycles. The number of hydrogen-bond acceptors (Lipinski definition) is 8. The van der Waals surface area contributed by atoms with Gasteiger partial charge in [-0.05, 0) is 76.9 Å². The highest BCUT2D eigenvalue weighted by molar-refractivity contribution is 6.38. The van der Waals surface area contributed by atoms with E-state index in [0.29, 0.717) is 30.7 Å². The Morgan fingerprint density at radius 2 is 1.47 bits per heavy atom. The summed E-state index contributed by atoms with van der Waals surface area (Å²) in [5.74, 6) is -4.60. The minimum absolute atomic E-state index is 0.0776. The van der Waals surface area contributed by atoms with Gasteiger partial charge in [-0.2, -0.15) is 0 Å². The second-order valence-electron chi connectivity index (χ2n) is 14.7. The first-order chi connectivity index (χ1) is 26.1. The molecule has 5 N–H and O–H groups in total. The van der Waals surface area contributed by atoms with Crippen LogP contribution < -0.4 is 26.6 Å². The van der Waals surface area contributed by atoms with Crippen molar-refractivity contribution in [1.29, 1.82) is 0 Å². The maximum absolute atomic E-state index is 13.8. The first-order valence-electron chi connectivity index (χ1n) is 19.4. The monoisotopic (exact) mass is 763 g/mol. The summed E-state index contributed by atoms with van der Waals surface area (Å²) in [5.41, 5.74) is 1.49. The molecular weight excluding hydrogens is 702 g/mol. The minimum atomic E-state index is -1.26. The summed E-state index contributed by atoms with van der Waals surface area (Å²) in [6.07, 6.45) is 12.8. The van der Waals surface area contributed by atoms with E-state index in [0.717, 1.165) is 30.4 Å². The molecule has 0 heterocycles. The van der Waals surface area contributed by atoms with Gasteiger partial charge in [0.25, 0.3) is 5.91 Å². The van der Waals surface area contributed by atoms with Crippen LogP contribution in [-0.4, -0.2) is 72.1 Å². The molecule has 1 aromatic rings. The quantitative estimate of drug-likeness (QED) is 0.0575.